The summed E-state index contributed by atoms with van der Waals surface area (Å²) in [5, 5.41) is 8.98. The van der Waals surface area contributed by atoms with Crippen LogP contribution < -0.4 is 0 Å². The van der Waals surface area contributed by atoms with Crippen LogP contribution in [0.3, 0.4) is 0 Å². The van der Waals surface area contributed by atoms with Crippen LogP contribution in [-0.4, -0.2) is 24.3 Å². The Labute approximate surface area is 79.4 Å². The first-order chi connectivity index (χ1) is 6.66. The molecule has 2 heterocycles. The monoisotopic (exact) mass is 192 g/mol. The summed E-state index contributed by atoms with van der Waals surface area (Å²) in [7, 11) is -1.85. The molecule has 0 spiro atoms. The maximum atomic E-state index is 11.2. The van der Waals surface area contributed by atoms with E-state index in [9.17, 15) is 9.59 Å². The van der Waals surface area contributed by atoms with Gasteiger partial charge in [0.05, 0.1) is 11.1 Å². The van der Waals surface area contributed by atoms with Crippen molar-refractivity contribution in [3.05, 3.63) is 35.4 Å². The zero-order valence-electron chi connectivity index (χ0n) is 6.97. The van der Waals surface area contributed by atoms with E-state index in [2.05, 4.69) is 9.31 Å². The fourth-order valence-electron chi connectivity index (χ4n) is 1.09. The predicted octanol–water partition coefficient (Wildman–Crippen LogP) is -0.00900. The number of carbonyl (C=O) groups is 2. The number of hydrogen-bond donors (Lipinski definition) is 1. The molecule has 3 rings (SSSR count). The van der Waals surface area contributed by atoms with Gasteiger partial charge in [0.1, 0.15) is 0 Å². The van der Waals surface area contributed by atoms with Crippen molar-refractivity contribution in [3.63, 3.8) is 0 Å². The number of rotatable bonds is 0. The highest BCUT2D eigenvalue weighted by Gasteiger charge is 2.29. The van der Waals surface area contributed by atoms with E-state index in [4.69, 9.17) is 5.02 Å². The van der Waals surface area contributed by atoms with E-state index in [1.54, 1.807) is 0 Å². The highest BCUT2D eigenvalue weighted by molar-refractivity contribution is 6.41. The summed E-state index contributed by atoms with van der Waals surface area (Å²) in [5.41, 5.74) is 0.511. The maximum Gasteiger partial charge on any atom is 0.789 e. The molecule has 70 valence electrons. The van der Waals surface area contributed by atoms with Gasteiger partial charge in [-0.3, -0.25) is 0 Å². The van der Waals surface area contributed by atoms with E-state index in [1.165, 1.54) is 24.3 Å². The van der Waals surface area contributed by atoms with Gasteiger partial charge in [-0.05, 0) is 24.3 Å². The SMILES string of the molecule is O=C1OB(O)OC(=O)c2ccc1cc2. The van der Waals surface area contributed by atoms with Crippen molar-refractivity contribution in [1.29, 1.82) is 0 Å². The molecule has 0 unspecified atom stereocenters. The highest BCUT2D eigenvalue weighted by Crippen LogP contribution is 2.11. The minimum atomic E-state index is -1.85. The lowest BCUT2D eigenvalue weighted by Crippen LogP contribution is -2.28. The first kappa shape index (κ1) is 8.77. The third kappa shape index (κ3) is 1.47. The summed E-state index contributed by atoms with van der Waals surface area (Å²) in [4.78, 5) is 22.3. The second-order valence-corrected chi connectivity index (χ2v) is 2.70. The van der Waals surface area contributed by atoms with Crippen LogP contribution in [0.15, 0.2) is 24.3 Å². The van der Waals surface area contributed by atoms with Crippen molar-refractivity contribution in [3.8, 4) is 0 Å². The first-order valence-electron chi connectivity index (χ1n) is 3.87. The maximum absolute atomic E-state index is 11.2. The third-order valence-electron chi connectivity index (χ3n) is 1.77. The summed E-state index contributed by atoms with van der Waals surface area (Å²) < 4.78 is 8.78. The van der Waals surface area contributed by atoms with Crippen LogP contribution in [0.1, 0.15) is 20.7 Å². The molecule has 2 aliphatic rings. The fraction of sp³-hybridized carbons (Fsp3) is 0. The highest BCUT2D eigenvalue weighted by atomic mass is 16.7. The average Bonchev–Trinajstić information content (AvgIpc) is 2.23. The molecule has 0 fully saturated rings. The largest absolute Gasteiger partial charge is 0.789 e. The molecule has 14 heavy (non-hydrogen) atoms. The van der Waals surface area contributed by atoms with Gasteiger partial charge in [0, 0.05) is 0 Å². The van der Waals surface area contributed by atoms with Crippen molar-refractivity contribution in [2.45, 2.75) is 0 Å². The number of fused-ring (bicyclic) bond motifs is 6. The lowest BCUT2D eigenvalue weighted by atomic mass is 10.1. The van der Waals surface area contributed by atoms with E-state index in [0.29, 0.717) is 0 Å². The molecule has 5 nitrogen and oxygen atoms in total. The van der Waals surface area contributed by atoms with E-state index >= 15 is 0 Å². The number of hydrogen-bond acceptors (Lipinski definition) is 5. The summed E-state index contributed by atoms with van der Waals surface area (Å²) in [6.45, 7) is 0. The van der Waals surface area contributed by atoms with Crippen LogP contribution >= 0.6 is 0 Å². The van der Waals surface area contributed by atoms with Crippen LogP contribution in [0.4, 0.5) is 0 Å². The molecule has 1 aromatic carbocycles. The molecule has 0 amide bonds. The van der Waals surface area contributed by atoms with Gasteiger partial charge in [0.15, 0.2) is 0 Å². The van der Waals surface area contributed by atoms with Crippen LogP contribution in [-0.2, 0) is 9.31 Å². The molecule has 0 saturated heterocycles. The normalized spacial score (nSPS) is 15.4. The zero-order chi connectivity index (χ0) is 10.1. The van der Waals surface area contributed by atoms with Gasteiger partial charge in [-0.25, -0.2) is 9.59 Å². The minimum Gasteiger partial charge on any atom is -0.470 e. The third-order valence-corrected chi connectivity index (χ3v) is 1.77. The molecule has 2 bridgehead atoms. The Bertz CT molecular complexity index is 348. The Morgan fingerprint density at radius 2 is 1.29 bits per heavy atom. The van der Waals surface area contributed by atoms with E-state index in [1.807, 2.05) is 0 Å². The number of carbonyl (C=O) groups excluding carboxylic acids is 2. The van der Waals surface area contributed by atoms with Crippen molar-refractivity contribution in [1.82, 2.24) is 0 Å². The molecule has 0 saturated carbocycles. The first-order valence-corrected chi connectivity index (χ1v) is 3.87. The van der Waals surface area contributed by atoms with Gasteiger partial charge in [0.2, 0.25) is 0 Å². The summed E-state index contributed by atoms with van der Waals surface area (Å²) in [6.07, 6.45) is 0. The molecule has 1 N–H and O–H groups in total. The van der Waals surface area contributed by atoms with Gasteiger partial charge in [-0.2, -0.15) is 0 Å². The van der Waals surface area contributed by atoms with E-state index < -0.39 is 19.3 Å². The molecule has 1 aromatic rings. The molecule has 6 heteroatoms. The van der Waals surface area contributed by atoms with Crippen LogP contribution in [0.5, 0.6) is 0 Å². The Balaban J connectivity index is 2.45. The Hall–Kier alpha value is -1.82. The van der Waals surface area contributed by atoms with Gasteiger partial charge in [-0.15, -0.1) is 0 Å². The number of benzene rings is 1. The van der Waals surface area contributed by atoms with Crippen LogP contribution in [0, 0.1) is 0 Å². The van der Waals surface area contributed by atoms with Crippen molar-refractivity contribution >= 4 is 19.3 Å². The average molecular weight is 192 g/mol. The summed E-state index contributed by atoms with van der Waals surface area (Å²) >= 11 is 0. The van der Waals surface area contributed by atoms with Crippen LogP contribution in [0.2, 0.25) is 0 Å². The van der Waals surface area contributed by atoms with Crippen LogP contribution in [0.25, 0.3) is 0 Å². The molecule has 0 aromatic heterocycles. The summed E-state index contributed by atoms with van der Waals surface area (Å²) in [5.74, 6) is -1.47. The molecule has 0 radical (unpaired) electrons. The molecular weight excluding hydrogens is 187 g/mol. The van der Waals surface area contributed by atoms with Crippen molar-refractivity contribution < 1.29 is 23.9 Å². The zero-order valence-corrected chi connectivity index (χ0v) is 6.97. The fourth-order valence-corrected chi connectivity index (χ4v) is 1.09. The molecule has 2 aliphatic heterocycles. The summed E-state index contributed by atoms with van der Waals surface area (Å²) in [6, 6.07) is 5.71. The Kier molecular flexibility index (Phi) is 1.97. The Morgan fingerprint density at radius 1 is 0.929 bits per heavy atom. The molecular formula is C8H5BO5. The lowest BCUT2D eigenvalue weighted by Gasteiger charge is -2.04. The topological polar surface area (TPSA) is 72.8 Å². The van der Waals surface area contributed by atoms with Gasteiger partial charge in [-0.1, -0.05) is 0 Å². The van der Waals surface area contributed by atoms with Gasteiger partial charge in [0.25, 0.3) is 0 Å². The van der Waals surface area contributed by atoms with E-state index in [-0.39, 0.29) is 11.1 Å². The molecule has 0 aliphatic carbocycles. The van der Waals surface area contributed by atoms with Crippen molar-refractivity contribution in [2.24, 2.45) is 0 Å². The standard InChI is InChI=1S/C8H5BO5/c10-7-5-1-2-6(4-3-5)8(11)14-9(12)13-7/h1-4,12H. The van der Waals surface area contributed by atoms with Gasteiger partial charge < -0.3 is 14.3 Å². The van der Waals surface area contributed by atoms with Gasteiger partial charge >= 0.3 is 19.3 Å². The second kappa shape index (κ2) is 3.15. The molecule has 0 atom stereocenters. The Morgan fingerprint density at radius 3 is 1.64 bits per heavy atom. The van der Waals surface area contributed by atoms with E-state index in [0.717, 1.165) is 0 Å². The lowest BCUT2D eigenvalue weighted by molar-refractivity contribution is 0.0523. The minimum absolute atomic E-state index is 0.256. The predicted molar refractivity (Wildman–Crippen MR) is 45.2 cm³/mol. The second-order valence-electron chi connectivity index (χ2n) is 2.70. The van der Waals surface area contributed by atoms with Crippen molar-refractivity contribution in [2.75, 3.05) is 0 Å². The smallest absolute Gasteiger partial charge is 0.470 e. The quantitative estimate of drug-likeness (QED) is 0.585.